The highest BCUT2D eigenvalue weighted by Gasteiger charge is 2.08. The van der Waals surface area contributed by atoms with E-state index in [4.69, 9.17) is 16.3 Å². The molecule has 0 atom stereocenters. The van der Waals surface area contributed by atoms with Crippen molar-refractivity contribution in [2.75, 3.05) is 17.7 Å². The maximum absolute atomic E-state index is 11.9. The van der Waals surface area contributed by atoms with E-state index >= 15 is 0 Å². The van der Waals surface area contributed by atoms with Crippen molar-refractivity contribution in [3.8, 4) is 0 Å². The SMILES string of the molecule is Cc1cc(C)cc(NC(=O)COC(=O)CCCSc2ccc(Cl)cc2)c1. The van der Waals surface area contributed by atoms with Gasteiger partial charge in [0.05, 0.1) is 0 Å². The molecule has 4 nitrogen and oxygen atoms in total. The van der Waals surface area contributed by atoms with Gasteiger partial charge in [0.2, 0.25) is 0 Å². The van der Waals surface area contributed by atoms with Crippen molar-refractivity contribution in [1.29, 1.82) is 0 Å². The summed E-state index contributed by atoms with van der Waals surface area (Å²) in [5.74, 6) is 0.0991. The first-order chi connectivity index (χ1) is 12.4. The van der Waals surface area contributed by atoms with Crippen LogP contribution in [0.5, 0.6) is 0 Å². The standard InChI is InChI=1S/C20H22ClNO3S/c1-14-10-15(2)12-17(11-14)22-19(23)13-25-20(24)4-3-9-26-18-7-5-16(21)6-8-18/h5-8,10-12H,3-4,9,13H2,1-2H3,(H,22,23). The number of anilines is 1. The predicted octanol–water partition coefficient (Wildman–Crippen LogP) is 5.01. The number of esters is 1. The highest BCUT2D eigenvalue weighted by atomic mass is 35.5. The maximum atomic E-state index is 11.9. The third-order valence-electron chi connectivity index (χ3n) is 3.48. The molecule has 0 bridgehead atoms. The van der Waals surface area contributed by atoms with Crippen LogP contribution in [-0.4, -0.2) is 24.2 Å². The summed E-state index contributed by atoms with van der Waals surface area (Å²) in [5, 5.41) is 3.45. The molecule has 0 heterocycles. The van der Waals surface area contributed by atoms with Crippen molar-refractivity contribution in [2.24, 2.45) is 0 Å². The molecule has 138 valence electrons. The number of carbonyl (C=O) groups is 2. The number of nitrogens with one attached hydrogen (secondary N) is 1. The summed E-state index contributed by atoms with van der Waals surface area (Å²) >= 11 is 7.49. The van der Waals surface area contributed by atoms with Crippen LogP contribution in [0.3, 0.4) is 0 Å². The fourth-order valence-electron chi connectivity index (χ4n) is 2.40. The van der Waals surface area contributed by atoms with Crippen LogP contribution in [0, 0.1) is 13.8 Å². The van der Waals surface area contributed by atoms with Crippen molar-refractivity contribution in [2.45, 2.75) is 31.6 Å². The Morgan fingerprint density at radius 1 is 1.08 bits per heavy atom. The molecule has 0 spiro atoms. The van der Waals surface area contributed by atoms with Crippen LogP contribution in [0.1, 0.15) is 24.0 Å². The van der Waals surface area contributed by atoms with E-state index in [0.717, 1.165) is 21.8 Å². The number of benzene rings is 2. The second kappa shape index (κ2) is 10.2. The predicted molar refractivity (Wildman–Crippen MR) is 107 cm³/mol. The van der Waals surface area contributed by atoms with E-state index in [9.17, 15) is 9.59 Å². The highest BCUT2D eigenvalue weighted by Crippen LogP contribution is 2.21. The lowest BCUT2D eigenvalue weighted by Crippen LogP contribution is -2.21. The van der Waals surface area contributed by atoms with Gasteiger partial charge in [-0.1, -0.05) is 17.7 Å². The molecule has 0 unspecified atom stereocenters. The first-order valence-electron chi connectivity index (χ1n) is 8.34. The Kier molecular flexibility index (Phi) is 8.01. The summed E-state index contributed by atoms with van der Waals surface area (Å²) in [6.45, 7) is 3.66. The zero-order chi connectivity index (χ0) is 18.9. The van der Waals surface area contributed by atoms with Gasteiger partial charge in [-0.2, -0.15) is 0 Å². The van der Waals surface area contributed by atoms with E-state index in [1.807, 2.05) is 56.3 Å². The normalized spacial score (nSPS) is 10.4. The number of ether oxygens (including phenoxy) is 1. The number of carbonyl (C=O) groups excluding carboxylic acids is 2. The number of aryl methyl sites for hydroxylation is 2. The quantitative estimate of drug-likeness (QED) is 0.390. The van der Waals surface area contributed by atoms with Gasteiger partial charge in [0.25, 0.3) is 5.91 Å². The van der Waals surface area contributed by atoms with Crippen LogP contribution in [0.15, 0.2) is 47.4 Å². The summed E-state index contributed by atoms with van der Waals surface area (Å²) < 4.78 is 5.03. The van der Waals surface area contributed by atoms with Crippen molar-refractivity contribution in [1.82, 2.24) is 0 Å². The molecule has 0 saturated carbocycles. The molecule has 2 aromatic carbocycles. The van der Waals surface area contributed by atoms with Gasteiger partial charge in [-0.05, 0) is 73.5 Å². The smallest absolute Gasteiger partial charge is 0.306 e. The van der Waals surface area contributed by atoms with Crippen LogP contribution in [0.25, 0.3) is 0 Å². The van der Waals surface area contributed by atoms with Crippen LogP contribution in [-0.2, 0) is 14.3 Å². The molecule has 0 radical (unpaired) electrons. The lowest BCUT2D eigenvalue weighted by molar-refractivity contribution is -0.147. The first-order valence-corrected chi connectivity index (χ1v) is 9.71. The Labute approximate surface area is 163 Å². The van der Waals surface area contributed by atoms with Gasteiger partial charge in [-0.25, -0.2) is 0 Å². The second-order valence-electron chi connectivity index (χ2n) is 5.99. The summed E-state index contributed by atoms with van der Waals surface area (Å²) in [7, 11) is 0. The van der Waals surface area contributed by atoms with Gasteiger partial charge in [0, 0.05) is 22.0 Å². The lowest BCUT2D eigenvalue weighted by atomic mass is 10.1. The Hall–Kier alpha value is -1.98. The summed E-state index contributed by atoms with van der Waals surface area (Å²) in [4.78, 5) is 24.7. The minimum atomic E-state index is -0.364. The third-order valence-corrected chi connectivity index (χ3v) is 4.83. The van der Waals surface area contributed by atoms with Crippen molar-refractivity contribution < 1.29 is 14.3 Å². The Bertz CT molecular complexity index is 742. The average molecular weight is 392 g/mol. The van der Waals surface area contributed by atoms with Gasteiger partial charge in [0.1, 0.15) is 0 Å². The van der Waals surface area contributed by atoms with Crippen LogP contribution >= 0.6 is 23.4 Å². The number of hydrogen-bond donors (Lipinski definition) is 1. The van der Waals surface area contributed by atoms with E-state index < -0.39 is 0 Å². The molecular weight excluding hydrogens is 370 g/mol. The van der Waals surface area contributed by atoms with Gasteiger partial charge in [-0.15, -0.1) is 11.8 Å². The minimum Gasteiger partial charge on any atom is -0.456 e. The highest BCUT2D eigenvalue weighted by molar-refractivity contribution is 7.99. The molecule has 2 rings (SSSR count). The topological polar surface area (TPSA) is 55.4 Å². The van der Waals surface area contributed by atoms with Gasteiger partial charge in [0.15, 0.2) is 6.61 Å². The number of thioether (sulfide) groups is 1. The Morgan fingerprint density at radius 2 is 1.73 bits per heavy atom. The molecule has 0 aliphatic carbocycles. The zero-order valence-electron chi connectivity index (χ0n) is 14.9. The largest absolute Gasteiger partial charge is 0.456 e. The van der Waals surface area contributed by atoms with E-state index in [2.05, 4.69) is 5.32 Å². The monoisotopic (exact) mass is 391 g/mol. The Morgan fingerprint density at radius 3 is 2.38 bits per heavy atom. The van der Waals surface area contributed by atoms with Crippen molar-refractivity contribution in [3.63, 3.8) is 0 Å². The third kappa shape index (κ3) is 7.50. The molecule has 0 aromatic heterocycles. The molecule has 0 aliphatic rings. The van der Waals surface area contributed by atoms with Crippen LogP contribution in [0.4, 0.5) is 5.69 Å². The van der Waals surface area contributed by atoms with Crippen LogP contribution < -0.4 is 5.32 Å². The van der Waals surface area contributed by atoms with Crippen molar-refractivity contribution in [3.05, 3.63) is 58.6 Å². The fourth-order valence-corrected chi connectivity index (χ4v) is 3.38. The molecule has 0 aliphatic heterocycles. The number of rotatable bonds is 8. The number of amides is 1. The molecule has 1 amide bonds. The van der Waals surface area contributed by atoms with Crippen molar-refractivity contribution >= 4 is 40.9 Å². The summed E-state index contributed by atoms with van der Waals surface area (Å²) in [6, 6.07) is 13.4. The second-order valence-corrected chi connectivity index (χ2v) is 7.60. The first kappa shape index (κ1) is 20.3. The van der Waals surface area contributed by atoms with Gasteiger partial charge < -0.3 is 10.1 Å². The van der Waals surface area contributed by atoms with E-state index in [0.29, 0.717) is 17.1 Å². The zero-order valence-corrected chi connectivity index (χ0v) is 16.5. The van der Waals surface area contributed by atoms with E-state index in [-0.39, 0.29) is 24.9 Å². The molecular formula is C20H22ClNO3S. The lowest BCUT2D eigenvalue weighted by Gasteiger charge is -2.08. The minimum absolute atomic E-state index is 0.268. The van der Waals surface area contributed by atoms with Gasteiger partial charge in [-0.3, -0.25) is 9.59 Å². The number of halogens is 1. The van der Waals surface area contributed by atoms with E-state index in [1.54, 1.807) is 11.8 Å². The van der Waals surface area contributed by atoms with E-state index in [1.165, 1.54) is 0 Å². The summed E-state index contributed by atoms with van der Waals surface area (Å²) in [6.07, 6.45) is 0.974. The molecule has 6 heteroatoms. The molecule has 1 N–H and O–H groups in total. The molecule has 26 heavy (non-hydrogen) atoms. The molecule has 0 saturated heterocycles. The summed E-state index contributed by atoms with van der Waals surface area (Å²) in [5.41, 5.74) is 2.84. The Balaban J connectivity index is 1.63. The molecule has 2 aromatic rings. The average Bonchev–Trinajstić information content (AvgIpc) is 2.57. The fraction of sp³-hybridized carbons (Fsp3) is 0.300. The maximum Gasteiger partial charge on any atom is 0.306 e. The van der Waals surface area contributed by atoms with Crippen LogP contribution in [0.2, 0.25) is 5.02 Å². The molecule has 0 fully saturated rings. The van der Waals surface area contributed by atoms with Gasteiger partial charge >= 0.3 is 5.97 Å². The number of hydrogen-bond acceptors (Lipinski definition) is 4.